The summed E-state index contributed by atoms with van der Waals surface area (Å²) in [7, 11) is 1.67. The normalized spacial score (nSPS) is 10.3. The predicted octanol–water partition coefficient (Wildman–Crippen LogP) is 4.54. The van der Waals surface area contributed by atoms with Crippen molar-refractivity contribution in [3.05, 3.63) is 71.4 Å². The number of benzene rings is 2. The summed E-state index contributed by atoms with van der Waals surface area (Å²) in [6, 6.07) is 17.3. The van der Waals surface area contributed by atoms with E-state index >= 15 is 0 Å². The number of hydrogen-bond donors (Lipinski definition) is 2. The topological polar surface area (TPSA) is 59.1 Å². The Morgan fingerprint density at radius 2 is 1.92 bits per heavy atom. The number of methoxy groups -OCH3 is 1. The van der Waals surface area contributed by atoms with Crippen molar-refractivity contribution in [2.24, 2.45) is 0 Å². The van der Waals surface area contributed by atoms with Crippen LogP contribution in [0.4, 0.5) is 17.5 Å². The largest absolute Gasteiger partial charge is 0.497 e. The Balaban J connectivity index is 1.57. The maximum atomic E-state index is 5.89. The number of nitrogens with one attached hydrogen (secondary N) is 2. The molecule has 0 saturated carbocycles. The van der Waals surface area contributed by atoms with Crippen molar-refractivity contribution in [2.75, 3.05) is 24.3 Å². The summed E-state index contributed by atoms with van der Waals surface area (Å²) in [4.78, 5) is 8.70. The van der Waals surface area contributed by atoms with Crippen molar-refractivity contribution < 1.29 is 4.74 Å². The van der Waals surface area contributed by atoms with Crippen LogP contribution in [0.5, 0.6) is 5.75 Å². The third-order valence-corrected chi connectivity index (χ3v) is 3.86. The minimum absolute atomic E-state index is 0.536. The summed E-state index contributed by atoms with van der Waals surface area (Å²) in [6.45, 7) is 0.768. The van der Waals surface area contributed by atoms with Gasteiger partial charge in [0, 0.05) is 23.5 Å². The van der Waals surface area contributed by atoms with Gasteiger partial charge in [0.1, 0.15) is 11.6 Å². The maximum Gasteiger partial charge on any atom is 0.229 e. The zero-order valence-electron chi connectivity index (χ0n) is 13.9. The van der Waals surface area contributed by atoms with Crippen LogP contribution in [-0.2, 0) is 6.42 Å². The molecule has 3 aromatic rings. The highest BCUT2D eigenvalue weighted by Gasteiger charge is 2.01. The van der Waals surface area contributed by atoms with Crippen LogP contribution in [-0.4, -0.2) is 23.6 Å². The number of halogens is 1. The molecule has 25 heavy (non-hydrogen) atoms. The van der Waals surface area contributed by atoms with Gasteiger partial charge in [-0.2, -0.15) is 4.98 Å². The second kappa shape index (κ2) is 8.35. The number of hydrogen-bond acceptors (Lipinski definition) is 5. The lowest BCUT2D eigenvalue weighted by atomic mass is 10.1. The quantitative estimate of drug-likeness (QED) is 0.652. The Kier molecular flexibility index (Phi) is 5.69. The SMILES string of the molecule is COc1cccc(CCNc2ccnc(Nc3ccc(Cl)cc3)n2)c1. The van der Waals surface area contributed by atoms with Crippen LogP contribution in [0.1, 0.15) is 5.56 Å². The van der Waals surface area contributed by atoms with Crippen LogP contribution in [0, 0.1) is 0 Å². The van der Waals surface area contributed by atoms with E-state index in [4.69, 9.17) is 16.3 Å². The lowest BCUT2D eigenvalue weighted by Gasteiger charge is -2.09. The van der Waals surface area contributed by atoms with Gasteiger partial charge >= 0.3 is 0 Å². The molecule has 0 spiro atoms. The molecule has 0 atom stereocenters. The molecular weight excluding hydrogens is 336 g/mol. The molecule has 0 bridgehead atoms. The fourth-order valence-electron chi connectivity index (χ4n) is 2.34. The molecule has 0 radical (unpaired) electrons. The fourth-order valence-corrected chi connectivity index (χ4v) is 2.47. The van der Waals surface area contributed by atoms with Gasteiger partial charge in [0.05, 0.1) is 7.11 Å². The average molecular weight is 355 g/mol. The van der Waals surface area contributed by atoms with Gasteiger partial charge in [0.2, 0.25) is 5.95 Å². The molecule has 0 amide bonds. The van der Waals surface area contributed by atoms with Crippen LogP contribution in [0.15, 0.2) is 60.8 Å². The van der Waals surface area contributed by atoms with Gasteiger partial charge in [-0.1, -0.05) is 23.7 Å². The van der Waals surface area contributed by atoms with Gasteiger partial charge in [-0.05, 0) is 54.4 Å². The molecule has 1 aromatic heterocycles. The molecule has 2 aromatic carbocycles. The van der Waals surface area contributed by atoms with E-state index in [1.165, 1.54) is 5.56 Å². The second-order valence-corrected chi connectivity index (χ2v) is 5.86. The highest BCUT2D eigenvalue weighted by Crippen LogP contribution is 2.17. The zero-order chi connectivity index (χ0) is 17.5. The molecule has 0 fully saturated rings. The van der Waals surface area contributed by atoms with E-state index in [0.29, 0.717) is 11.0 Å². The molecular formula is C19H19ClN4O. The molecule has 1 heterocycles. The monoisotopic (exact) mass is 354 g/mol. The van der Waals surface area contributed by atoms with Crippen molar-refractivity contribution in [1.82, 2.24) is 9.97 Å². The fraction of sp³-hybridized carbons (Fsp3) is 0.158. The molecule has 0 aliphatic heterocycles. The standard InChI is InChI=1S/C19H19ClN4O/c1-25-17-4-2-3-14(13-17)9-11-21-18-10-12-22-19(24-18)23-16-7-5-15(20)6-8-16/h2-8,10,12-13H,9,11H2,1H3,(H2,21,22,23,24). The summed E-state index contributed by atoms with van der Waals surface area (Å²) in [5.41, 5.74) is 2.10. The van der Waals surface area contributed by atoms with Crippen LogP contribution in [0.25, 0.3) is 0 Å². The van der Waals surface area contributed by atoms with Gasteiger partial charge in [0.25, 0.3) is 0 Å². The van der Waals surface area contributed by atoms with E-state index < -0.39 is 0 Å². The summed E-state index contributed by atoms with van der Waals surface area (Å²) in [5.74, 6) is 2.18. The van der Waals surface area contributed by atoms with Crippen molar-refractivity contribution >= 4 is 29.1 Å². The molecule has 6 heteroatoms. The third-order valence-electron chi connectivity index (χ3n) is 3.61. The zero-order valence-corrected chi connectivity index (χ0v) is 14.6. The van der Waals surface area contributed by atoms with Crippen LogP contribution < -0.4 is 15.4 Å². The number of aromatic nitrogens is 2. The van der Waals surface area contributed by atoms with E-state index in [2.05, 4.69) is 26.7 Å². The molecule has 5 nitrogen and oxygen atoms in total. The first-order valence-corrected chi connectivity index (χ1v) is 8.33. The van der Waals surface area contributed by atoms with E-state index in [9.17, 15) is 0 Å². The molecule has 128 valence electrons. The first-order valence-electron chi connectivity index (χ1n) is 7.95. The summed E-state index contributed by atoms with van der Waals surface area (Å²) >= 11 is 5.89. The van der Waals surface area contributed by atoms with Gasteiger partial charge in [-0.25, -0.2) is 4.98 Å². The van der Waals surface area contributed by atoms with E-state index in [-0.39, 0.29) is 0 Å². The van der Waals surface area contributed by atoms with E-state index in [1.807, 2.05) is 48.5 Å². The Bertz CT molecular complexity index is 824. The van der Waals surface area contributed by atoms with Crippen LogP contribution in [0.3, 0.4) is 0 Å². The third kappa shape index (κ3) is 5.09. The molecule has 0 aliphatic carbocycles. The Morgan fingerprint density at radius 3 is 2.72 bits per heavy atom. The lowest BCUT2D eigenvalue weighted by Crippen LogP contribution is -2.07. The predicted molar refractivity (Wildman–Crippen MR) is 102 cm³/mol. The molecule has 2 N–H and O–H groups in total. The second-order valence-electron chi connectivity index (χ2n) is 5.43. The van der Waals surface area contributed by atoms with Crippen molar-refractivity contribution in [1.29, 1.82) is 0 Å². The maximum absolute atomic E-state index is 5.89. The van der Waals surface area contributed by atoms with Gasteiger partial charge in [0.15, 0.2) is 0 Å². The number of rotatable bonds is 7. The van der Waals surface area contributed by atoms with Crippen molar-refractivity contribution in [3.8, 4) is 5.75 Å². The smallest absolute Gasteiger partial charge is 0.229 e. The van der Waals surface area contributed by atoms with Gasteiger partial charge < -0.3 is 15.4 Å². The minimum atomic E-state index is 0.536. The number of ether oxygens (including phenoxy) is 1. The Hall–Kier alpha value is -2.79. The molecule has 0 saturated heterocycles. The molecule has 0 unspecified atom stereocenters. The first kappa shape index (κ1) is 17.0. The van der Waals surface area contributed by atoms with Crippen LogP contribution >= 0.6 is 11.6 Å². The highest BCUT2D eigenvalue weighted by molar-refractivity contribution is 6.30. The minimum Gasteiger partial charge on any atom is -0.497 e. The van der Waals surface area contributed by atoms with Gasteiger partial charge in [-0.3, -0.25) is 0 Å². The Labute approximate surface area is 152 Å². The number of nitrogens with zero attached hydrogens (tertiary/aromatic N) is 2. The summed E-state index contributed by atoms with van der Waals surface area (Å²) in [6.07, 6.45) is 2.60. The Morgan fingerprint density at radius 1 is 1.08 bits per heavy atom. The summed E-state index contributed by atoms with van der Waals surface area (Å²) in [5, 5.41) is 7.16. The highest BCUT2D eigenvalue weighted by atomic mass is 35.5. The molecule has 0 aliphatic rings. The van der Waals surface area contributed by atoms with Crippen molar-refractivity contribution in [3.63, 3.8) is 0 Å². The van der Waals surface area contributed by atoms with E-state index in [1.54, 1.807) is 13.3 Å². The number of anilines is 3. The average Bonchev–Trinajstić information content (AvgIpc) is 2.64. The summed E-state index contributed by atoms with van der Waals surface area (Å²) < 4.78 is 5.24. The van der Waals surface area contributed by atoms with E-state index in [0.717, 1.165) is 30.2 Å². The molecule has 3 rings (SSSR count). The van der Waals surface area contributed by atoms with Gasteiger partial charge in [-0.15, -0.1) is 0 Å². The first-order chi connectivity index (χ1) is 12.2. The van der Waals surface area contributed by atoms with Crippen molar-refractivity contribution in [2.45, 2.75) is 6.42 Å². The lowest BCUT2D eigenvalue weighted by molar-refractivity contribution is 0.414. The van der Waals surface area contributed by atoms with Crippen LogP contribution in [0.2, 0.25) is 5.02 Å².